The minimum absolute atomic E-state index is 0.103. The summed E-state index contributed by atoms with van der Waals surface area (Å²) in [5.74, 6) is 1.31. The molecule has 14 heteroatoms. The Morgan fingerprint density at radius 3 is 2.63 bits per heavy atom. The molecular weight excluding hydrogens is 472 g/mol. The van der Waals surface area contributed by atoms with Crippen molar-refractivity contribution in [1.29, 1.82) is 0 Å². The first kappa shape index (κ1) is 24.4. The second-order valence-electron chi connectivity index (χ2n) is 7.92. The number of thioether (sulfide) groups is 1. The molecule has 4 rings (SSSR count). The van der Waals surface area contributed by atoms with E-state index in [-0.39, 0.29) is 23.6 Å². The summed E-state index contributed by atoms with van der Waals surface area (Å²) in [5.41, 5.74) is 0.175. The molecule has 0 saturated heterocycles. The molecule has 0 aromatic carbocycles. The monoisotopic (exact) mass is 500 g/mol. The summed E-state index contributed by atoms with van der Waals surface area (Å²) in [6.07, 6.45) is 4.09. The lowest BCUT2D eigenvalue weighted by Gasteiger charge is -2.10. The molecule has 0 aliphatic rings. The fraction of sp³-hybridized carbons (Fsp3) is 0.476. The van der Waals surface area contributed by atoms with Crippen LogP contribution in [0.3, 0.4) is 0 Å². The van der Waals surface area contributed by atoms with Crippen LogP contribution >= 0.6 is 11.8 Å². The first-order valence-electron chi connectivity index (χ1n) is 11.3. The van der Waals surface area contributed by atoms with Crippen LogP contribution in [-0.4, -0.2) is 63.2 Å². The summed E-state index contributed by atoms with van der Waals surface area (Å²) < 4.78 is 5.47. The van der Waals surface area contributed by atoms with Gasteiger partial charge < -0.3 is 15.2 Å². The van der Waals surface area contributed by atoms with Gasteiger partial charge in [0, 0.05) is 27.2 Å². The summed E-state index contributed by atoms with van der Waals surface area (Å²) in [7, 11) is 2.93. The number of rotatable bonds is 10. The molecule has 0 atom stereocenters. The largest absolute Gasteiger partial charge is 0.369 e. The minimum atomic E-state index is -0.496. The van der Waals surface area contributed by atoms with E-state index >= 15 is 0 Å². The first-order chi connectivity index (χ1) is 16.8. The summed E-state index contributed by atoms with van der Waals surface area (Å²) in [6.45, 7) is 5.55. The second-order valence-corrected chi connectivity index (χ2v) is 9.15. The molecule has 2 N–H and O–H groups in total. The third-order valence-corrected chi connectivity index (χ3v) is 6.20. The van der Waals surface area contributed by atoms with Crippen molar-refractivity contribution in [1.82, 2.24) is 43.8 Å². The predicted molar refractivity (Wildman–Crippen MR) is 134 cm³/mol. The Morgan fingerprint density at radius 2 is 1.89 bits per heavy atom. The highest BCUT2D eigenvalue weighted by atomic mass is 32.2. The molecule has 35 heavy (non-hydrogen) atoms. The maximum Gasteiger partial charge on any atom is 0.332 e. The molecule has 0 fully saturated rings. The van der Waals surface area contributed by atoms with Crippen molar-refractivity contribution >= 4 is 45.7 Å². The number of aromatic nitrogens is 8. The minimum Gasteiger partial charge on any atom is -0.369 e. The lowest BCUT2D eigenvalue weighted by molar-refractivity contribution is -0.121. The number of hydrogen-bond acceptors (Lipinski definition) is 9. The third kappa shape index (κ3) is 4.78. The van der Waals surface area contributed by atoms with Crippen LogP contribution in [0.15, 0.2) is 27.3 Å². The number of amides is 1. The van der Waals surface area contributed by atoms with E-state index in [2.05, 4.69) is 37.6 Å². The number of anilines is 1. The van der Waals surface area contributed by atoms with Crippen LogP contribution in [0.25, 0.3) is 22.2 Å². The fourth-order valence-electron chi connectivity index (χ4n) is 3.70. The smallest absolute Gasteiger partial charge is 0.332 e. The molecule has 0 spiro atoms. The Labute approximate surface area is 204 Å². The van der Waals surface area contributed by atoms with Gasteiger partial charge in [-0.25, -0.2) is 24.4 Å². The normalized spacial score (nSPS) is 11.4. The van der Waals surface area contributed by atoms with E-state index in [0.29, 0.717) is 23.9 Å². The van der Waals surface area contributed by atoms with Crippen molar-refractivity contribution in [3.63, 3.8) is 0 Å². The van der Waals surface area contributed by atoms with Crippen molar-refractivity contribution in [2.45, 2.75) is 38.5 Å². The fourth-order valence-corrected chi connectivity index (χ4v) is 4.26. The average molecular weight is 501 g/mol. The number of aryl methyl sites for hydroxylation is 1. The molecular formula is C21H28N10O3S. The van der Waals surface area contributed by atoms with Gasteiger partial charge in [0.2, 0.25) is 5.91 Å². The van der Waals surface area contributed by atoms with Crippen molar-refractivity contribution in [3.8, 4) is 0 Å². The average Bonchev–Trinajstić information content (AvgIpc) is 3.44. The van der Waals surface area contributed by atoms with E-state index in [4.69, 9.17) is 0 Å². The molecule has 4 heterocycles. The van der Waals surface area contributed by atoms with E-state index in [1.165, 1.54) is 29.6 Å². The van der Waals surface area contributed by atoms with Gasteiger partial charge in [0.25, 0.3) is 5.56 Å². The number of imidazole rings is 1. The maximum absolute atomic E-state index is 12.6. The second kappa shape index (κ2) is 10.3. The van der Waals surface area contributed by atoms with Crippen LogP contribution in [0.1, 0.15) is 20.3 Å². The Balaban J connectivity index is 1.47. The van der Waals surface area contributed by atoms with Crippen molar-refractivity contribution in [3.05, 3.63) is 33.4 Å². The Hall–Kier alpha value is -3.68. The van der Waals surface area contributed by atoms with E-state index in [0.717, 1.165) is 34.5 Å². The number of carbonyl (C=O) groups excluding carboxylic acids is 1. The molecule has 0 radical (unpaired) electrons. The van der Waals surface area contributed by atoms with Crippen LogP contribution in [-0.2, 0) is 32.0 Å². The van der Waals surface area contributed by atoms with Crippen LogP contribution < -0.4 is 21.9 Å². The van der Waals surface area contributed by atoms with Gasteiger partial charge in [-0.2, -0.15) is 5.10 Å². The topological polar surface area (TPSA) is 147 Å². The standard InChI is InChI=1S/C21H28N10O3S/c1-5-7-23-16-13-10-25-31(17(13)27-20(26-16)35-6-2)9-8-22-14(32)11-30-12-24-18-15(30)19(33)29(4)21(34)28(18)3/h10,12H,5-9,11H2,1-4H3,(H,22,32)(H,23,26,27). The van der Waals surface area contributed by atoms with Crippen LogP contribution in [0.5, 0.6) is 0 Å². The third-order valence-electron chi connectivity index (χ3n) is 5.47. The van der Waals surface area contributed by atoms with Gasteiger partial charge in [-0.1, -0.05) is 25.6 Å². The molecule has 1 amide bonds. The predicted octanol–water partition coefficient (Wildman–Crippen LogP) is 0.324. The number of nitrogens with zero attached hydrogens (tertiary/aromatic N) is 8. The van der Waals surface area contributed by atoms with E-state index in [9.17, 15) is 14.4 Å². The van der Waals surface area contributed by atoms with E-state index < -0.39 is 11.2 Å². The number of nitrogens with one attached hydrogen (secondary N) is 2. The maximum atomic E-state index is 12.6. The van der Waals surface area contributed by atoms with E-state index in [1.807, 2.05) is 6.92 Å². The molecule has 0 aliphatic heterocycles. The van der Waals surface area contributed by atoms with Gasteiger partial charge in [0.1, 0.15) is 12.4 Å². The van der Waals surface area contributed by atoms with Gasteiger partial charge in [-0.05, 0) is 12.2 Å². The van der Waals surface area contributed by atoms with Gasteiger partial charge in [0.05, 0.1) is 24.5 Å². The van der Waals surface area contributed by atoms with Crippen molar-refractivity contribution < 1.29 is 4.79 Å². The first-order valence-corrected chi connectivity index (χ1v) is 12.3. The summed E-state index contributed by atoms with van der Waals surface area (Å²) in [4.78, 5) is 50.6. The van der Waals surface area contributed by atoms with Crippen LogP contribution in [0, 0.1) is 0 Å². The van der Waals surface area contributed by atoms with Gasteiger partial charge in [-0.3, -0.25) is 18.7 Å². The Bertz CT molecular complexity index is 1500. The molecule has 186 valence electrons. The van der Waals surface area contributed by atoms with Gasteiger partial charge in [0.15, 0.2) is 22.0 Å². The number of hydrogen-bond donors (Lipinski definition) is 2. The zero-order valence-corrected chi connectivity index (χ0v) is 20.9. The van der Waals surface area contributed by atoms with Crippen LogP contribution in [0.2, 0.25) is 0 Å². The highest BCUT2D eigenvalue weighted by Gasteiger charge is 2.16. The summed E-state index contributed by atoms with van der Waals surface area (Å²) >= 11 is 1.56. The summed E-state index contributed by atoms with van der Waals surface area (Å²) in [6, 6.07) is 0. The number of fused-ring (bicyclic) bond motifs is 2. The molecule has 0 bridgehead atoms. The van der Waals surface area contributed by atoms with Gasteiger partial charge >= 0.3 is 5.69 Å². The molecule has 0 saturated carbocycles. The van der Waals surface area contributed by atoms with Crippen molar-refractivity contribution in [2.75, 3.05) is 24.2 Å². The molecule has 13 nitrogen and oxygen atoms in total. The lowest BCUT2D eigenvalue weighted by Crippen LogP contribution is -2.38. The highest BCUT2D eigenvalue weighted by Crippen LogP contribution is 2.24. The molecule has 0 unspecified atom stereocenters. The van der Waals surface area contributed by atoms with Crippen molar-refractivity contribution in [2.24, 2.45) is 14.1 Å². The van der Waals surface area contributed by atoms with E-state index in [1.54, 1.807) is 22.6 Å². The molecule has 4 aromatic rings. The van der Waals surface area contributed by atoms with Crippen LogP contribution in [0.4, 0.5) is 5.82 Å². The quantitative estimate of drug-likeness (QED) is 0.232. The molecule has 0 aliphatic carbocycles. The lowest BCUT2D eigenvalue weighted by atomic mass is 10.3. The SMILES string of the molecule is CCCNc1nc(SCC)nc2c1cnn2CCNC(=O)Cn1cnc2c1c(=O)n(C)c(=O)n2C. The number of carbonyl (C=O) groups is 1. The Morgan fingerprint density at radius 1 is 1.09 bits per heavy atom. The molecule has 4 aromatic heterocycles. The highest BCUT2D eigenvalue weighted by molar-refractivity contribution is 7.99. The zero-order chi connectivity index (χ0) is 25.1. The zero-order valence-electron chi connectivity index (χ0n) is 20.1. The Kier molecular flexibility index (Phi) is 7.19. The van der Waals surface area contributed by atoms with Gasteiger partial charge in [-0.15, -0.1) is 0 Å². The summed E-state index contributed by atoms with van der Waals surface area (Å²) in [5, 5.41) is 12.1.